The molecular weight excluding hydrogens is 342 g/mol. The van der Waals surface area contributed by atoms with Gasteiger partial charge in [0.25, 0.3) is 11.8 Å². The number of nitrogens with one attached hydrogen (secondary N) is 2. The molecule has 0 aliphatic heterocycles. The number of benzene rings is 2. The highest BCUT2D eigenvalue weighted by Crippen LogP contribution is 2.18. The van der Waals surface area contributed by atoms with Gasteiger partial charge in [-0.3, -0.25) is 14.6 Å². The smallest absolute Gasteiger partial charge is 0.255 e. The molecule has 0 spiro atoms. The number of rotatable bonds is 6. The lowest BCUT2D eigenvalue weighted by atomic mass is 10.1. The van der Waals surface area contributed by atoms with Crippen LogP contribution in [0.15, 0.2) is 73.1 Å². The van der Waals surface area contributed by atoms with E-state index in [1.165, 1.54) is 6.20 Å². The second kappa shape index (κ2) is 8.62. The molecule has 0 fully saturated rings. The normalized spacial score (nSPS) is 10.1. The van der Waals surface area contributed by atoms with Crippen LogP contribution >= 0.6 is 0 Å². The summed E-state index contributed by atoms with van der Waals surface area (Å²) in [7, 11) is 1.57. The largest absolute Gasteiger partial charge is 0.497 e. The minimum absolute atomic E-state index is 0.223. The van der Waals surface area contributed by atoms with E-state index in [2.05, 4.69) is 15.6 Å². The van der Waals surface area contributed by atoms with Crippen molar-refractivity contribution >= 4 is 17.5 Å². The monoisotopic (exact) mass is 361 g/mol. The van der Waals surface area contributed by atoms with Crippen molar-refractivity contribution in [3.63, 3.8) is 0 Å². The van der Waals surface area contributed by atoms with E-state index in [1.54, 1.807) is 55.8 Å². The fourth-order valence-corrected chi connectivity index (χ4v) is 2.51. The topological polar surface area (TPSA) is 80.3 Å². The third-order valence-corrected chi connectivity index (χ3v) is 3.98. The first kappa shape index (κ1) is 18.1. The summed E-state index contributed by atoms with van der Waals surface area (Å²) in [6, 6.07) is 17.6. The zero-order valence-electron chi connectivity index (χ0n) is 14.8. The van der Waals surface area contributed by atoms with Crippen molar-refractivity contribution < 1.29 is 14.3 Å². The molecule has 6 nitrogen and oxygen atoms in total. The van der Waals surface area contributed by atoms with Crippen LogP contribution in [0.1, 0.15) is 26.3 Å². The molecule has 0 bridgehead atoms. The van der Waals surface area contributed by atoms with Crippen LogP contribution < -0.4 is 15.4 Å². The Bertz CT molecular complexity index is 925. The summed E-state index contributed by atoms with van der Waals surface area (Å²) < 4.78 is 5.10. The molecule has 3 aromatic rings. The van der Waals surface area contributed by atoms with Crippen LogP contribution in [0.25, 0.3) is 0 Å². The Labute approximate surface area is 157 Å². The average molecular weight is 361 g/mol. The second-order valence-electron chi connectivity index (χ2n) is 5.76. The highest BCUT2D eigenvalue weighted by Gasteiger charge is 2.11. The van der Waals surface area contributed by atoms with Gasteiger partial charge < -0.3 is 15.4 Å². The molecule has 0 saturated carbocycles. The summed E-state index contributed by atoms with van der Waals surface area (Å²) in [4.78, 5) is 28.6. The van der Waals surface area contributed by atoms with Crippen LogP contribution in [0.4, 0.5) is 5.69 Å². The van der Waals surface area contributed by atoms with Crippen molar-refractivity contribution in [1.29, 1.82) is 0 Å². The first-order valence-electron chi connectivity index (χ1n) is 8.39. The fourth-order valence-electron chi connectivity index (χ4n) is 2.51. The molecule has 2 amide bonds. The van der Waals surface area contributed by atoms with Crippen LogP contribution in [0, 0.1) is 0 Å². The van der Waals surface area contributed by atoms with Gasteiger partial charge in [0.1, 0.15) is 5.75 Å². The van der Waals surface area contributed by atoms with Crippen LogP contribution in [-0.2, 0) is 6.54 Å². The summed E-state index contributed by atoms with van der Waals surface area (Å²) in [6.45, 7) is 0.285. The molecule has 0 aliphatic carbocycles. The molecule has 0 unspecified atom stereocenters. The third-order valence-electron chi connectivity index (χ3n) is 3.98. The number of amides is 2. The minimum atomic E-state index is -0.233. The van der Waals surface area contributed by atoms with E-state index in [9.17, 15) is 9.59 Å². The van der Waals surface area contributed by atoms with Gasteiger partial charge in [0.15, 0.2) is 0 Å². The molecule has 0 atom stereocenters. The van der Waals surface area contributed by atoms with E-state index in [1.807, 2.05) is 18.2 Å². The van der Waals surface area contributed by atoms with Gasteiger partial charge >= 0.3 is 0 Å². The van der Waals surface area contributed by atoms with Crippen molar-refractivity contribution in [2.24, 2.45) is 0 Å². The van der Waals surface area contributed by atoms with Crippen molar-refractivity contribution in [1.82, 2.24) is 10.3 Å². The van der Waals surface area contributed by atoms with Crippen molar-refractivity contribution in [3.05, 3.63) is 89.7 Å². The Morgan fingerprint density at radius 1 is 0.926 bits per heavy atom. The zero-order chi connectivity index (χ0) is 19.1. The maximum atomic E-state index is 12.5. The summed E-state index contributed by atoms with van der Waals surface area (Å²) in [5.41, 5.74) is 2.45. The maximum absolute atomic E-state index is 12.5. The number of methoxy groups -OCH3 is 1. The van der Waals surface area contributed by atoms with Gasteiger partial charge in [-0.2, -0.15) is 0 Å². The SMILES string of the molecule is COc1ccc(C(=O)Nc2ccccc2CNC(=O)c2cccnc2)cc1. The summed E-state index contributed by atoms with van der Waals surface area (Å²) >= 11 is 0. The summed E-state index contributed by atoms with van der Waals surface area (Å²) in [6.07, 6.45) is 3.12. The Morgan fingerprint density at radius 2 is 1.70 bits per heavy atom. The van der Waals surface area contributed by atoms with Crippen molar-refractivity contribution in [3.8, 4) is 5.75 Å². The summed E-state index contributed by atoms with van der Waals surface area (Å²) in [5.74, 6) is 0.230. The summed E-state index contributed by atoms with van der Waals surface area (Å²) in [5, 5.41) is 5.72. The van der Waals surface area contributed by atoms with E-state index in [0.717, 1.165) is 5.56 Å². The molecule has 1 aromatic heterocycles. The predicted octanol–water partition coefficient (Wildman–Crippen LogP) is 3.27. The highest BCUT2D eigenvalue weighted by molar-refractivity contribution is 6.04. The Morgan fingerprint density at radius 3 is 2.41 bits per heavy atom. The first-order valence-corrected chi connectivity index (χ1v) is 8.39. The number of carbonyl (C=O) groups excluding carboxylic acids is 2. The maximum Gasteiger partial charge on any atom is 0.255 e. The van der Waals surface area contributed by atoms with Gasteiger partial charge in [-0.1, -0.05) is 18.2 Å². The molecular formula is C21H19N3O3. The molecule has 3 rings (SSSR count). The Balaban J connectivity index is 1.68. The van der Waals surface area contributed by atoms with Crippen LogP contribution in [0.5, 0.6) is 5.75 Å². The first-order chi connectivity index (χ1) is 13.2. The molecule has 136 valence electrons. The Hall–Kier alpha value is -3.67. The van der Waals surface area contributed by atoms with Gasteiger partial charge in [-0.05, 0) is 48.0 Å². The number of para-hydroxylation sites is 1. The number of hydrogen-bond acceptors (Lipinski definition) is 4. The minimum Gasteiger partial charge on any atom is -0.497 e. The molecule has 0 aliphatic rings. The second-order valence-corrected chi connectivity index (χ2v) is 5.76. The third kappa shape index (κ3) is 4.70. The number of ether oxygens (including phenoxy) is 1. The standard InChI is InChI=1S/C21H19N3O3/c1-27-18-10-8-15(9-11-18)21(26)24-19-7-3-2-5-16(19)14-23-20(25)17-6-4-12-22-13-17/h2-13H,14H2,1H3,(H,23,25)(H,24,26). The van der Waals surface area contributed by atoms with E-state index in [4.69, 9.17) is 4.74 Å². The van der Waals surface area contributed by atoms with Gasteiger partial charge in [0, 0.05) is 30.2 Å². The molecule has 0 radical (unpaired) electrons. The van der Waals surface area contributed by atoms with Crippen LogP contribution in [0.3, 0.4) is 0 Å². The van der Waals surface area contributed by atoms with E-state index in [0.29, 0.717) is 22.6 Å². The number of pyridine rings is 1. The van der Waals surface area contributed by atoms with Gasteiger partial charge in [0.05, 0.1) is 12.7 Å². The molecule has 1 heterocycles. The van der Waals surface area contributed by atoms with Crippen LogP contribution in [-0.4, -0.2) is 23.9 Å². The lowest BCUT2D eigenvalue weighted by Crippen LogP contribution is -2.24. The highest BCUT2D eigenvalue weighted by atomic mass is 16.5. The number of aromatic nitrogens is 1. The number of carbonyl (C=O) groups is 2. The lowest BCUT2D eigenvalue weighted by molar-refractivity contribution is 0.0950. The average Bonchev–Trinajstić information content (AvgIpc) is 2.73. The van der Waals surface area contributed by atoms with Crippen LogP contribution in [0.2, 0.25) is 0 Å². The zero-order valence-corrected chi connectivity index (χ0v) is 14.8. The number of hydrogen-bond donors (Lipinski definition) is 2. The van der Waals surface area contributed by atoms with Gasteiger partial charge in [0.2, 0.25) is 0 Å². The molecule has 0 saturated heterocycles. The molecule has 27 heavy (non-hydrogen) atoms. The van der Waals surface area contributed by atoms with E-state index < -0.39 is 0 Å². The molecule has 6 heteroatoms. The number of anilines is 1. The Kier molecular flexibility index (Phi) is 5.79. The van der Waals surface area contributed by atoms with Gasteiger partial charge in [-0.15, -0.1) is 0 Å². The quantitative estimate of drug-likeness (QED) is 0.706. The lowest BCUT2D eigenvalue weighted by Gasteiger charge is -2.12. The van der Waals surface area contributed by atoms with Crippen molar-refractivity contribution in [2.45, 2.75) is 6.54 Å². The van der Waals surface area contributed by atoms with E-state index >= 15 is 0 Å². The van der Waals surface area contributed by atoms with Crippen molar-refractivity contribution in [2.75, 3.05) is 12.4 Å². The van der Waals surface area contributed by atoms with Gasteiger partial charge in [-0.25, -0.2) is 0 Å². The molecule has 2 aromatic carbocycles. The molecule has 2 N–H and O–H groups in total. The number of nitrogens with zero attached hydrogens (tertiary/aromatic N) is 1. The fraction of sp³-hybridized carbons (Fsp3) is 0.0952. The van der Waals surface area contributed by atoms with E-state index in [-0.39, 0.29) is 18.4 Å². The predicted molar refractivity (Wildman–Crippen MR) is 103 cm³/mol.